The Labute approximate surface area is 108 Å². The lowest BCUT2D eigenvalue weighted by Gasteiger charge is -2.24. The second-order valence-corrected chi connectivity index (χ2v) is 5.71. The largest absolute Gasteiger partial charge is 0.334 e. The Balaban J connectivity index is 1.79. The molecule has 1 amide bonds. The third-order valence-corrected chi connectivity index (χ3v) is 4.29. The topological polar surface area (TPSA) is 32.3 Å². The number of hydrogen-bond acceptors (Lipinski definition) is 2. The first-order valence-corrected chi connectivity index (χ1v) is 6.75. The molecule has 0 unspecified atom stereocenters. The van der Waals surface area contributed by atoms with E-state index in [1.54, 1.807) is 0 Å². The van der Waals surface area contributed by atoms with E-state index in [9.17, 15) is 4.79 Å². The van der Waals surface area contributed by atoms with E-state index >= 15 is 0 Å². The molecule has 1 spiro atoms. The predicted octanol–water partition coefficient (Wildman–Crippen LogP) is 1.90. The van der Waals surface area contributed by atoms with Crippen LogP contribution in [-0.2, 0) is 0 Å². The minimum absolute atomic E-state index is 0.194. The van der Waals surface area contributed by atoms with Crippen LogP contribution in [-0.4, -0.2) is 37.0 Å². The van der Waals surface area contributed by atoms with Gasteiger partial charge in [-0.3, -0.25) is 4.79 Å². The fourth-order valence-electron chi connectivity index (χ4n) is 3.11. The van der Waals surface area contributed by atoms with Crippen molar-refractivity contribution >= 4 is 5.91 Å². The summed E-state index contributed by atoms with van der Waals surface area (Å²) in [4.78, 5) is 14.6. The van der Waals surface area contributed by atoms with Crippen LogP contribution < -0.4 is 5.32 Å². The van der Waals surface area contributed by atoms with Crippen LogP contribution in [0.2, 0.25) is 0 Å². The maximum absolute atomic E-state index is 12.5. The Kier molecular flexibility index (Phi) is 2.86. The van der Waals surface area contributed by atoms with E-state index in [0.717, 1.165) is 18.7 Å². The highest BCUT2D eigenvalue weighted by molar-refractivity contribution is 5.94. The smallest absolute Gasteiger partial charge is 0.254 e. The molecular formula is C15H20N2O. The van der Waals surface area contributed by atoms with Crippen molar-refractivity contribution in [3.63, 3.8) is 0 Å². The average Bonchev–Trinajstić information content (AvgIpc) is 3.05. The maximum Gasteiger partial charge on any atom is 0.254 e. The molecule has 18 heavy (non-hydrogen) atoms. The van der Waals surface area contributed by atoms with Crippen molar-refractivity contribution in [2.45, 2.75) is 25.3 Å². The summed E-state index contributed by atoms with van der Waals surface area (Å²) in [6.07, 6.45) is 3.77. The van der Waals surface area contributed by atoms with Crippen LogP contribution in [0.1, 0.15) is 29.6 Å². The van der Waals surface area contributed by atoms with E-state index in [-0.39, 0.29) is 5.91 Å². The van der Waals surface area contributed by atoms with Crippen molar-refractivity contribution in [3.05, 3.63) is 35.9 Å². The maximum atomic E-state index is 12.5. The molecule has 0 bridgehead atoms. The number of carbonyl (C=O) groups excluding carboxylic acids is 1. The van der Waals surface area contributed by atoms with Gasteiger partial charge in [-0.2, -0.15) is 0 Å². The van der Waals surface area contributed by atoms with E-state index in [4.69, 9.17) is 0 Å². The lowest BCUT2D eigenvalue weighted by atomic mass is 10.0. The molecule has 3 nitrogen and oxygen atoms in total. The number of carbonyl (C=O) groups is 1. The van der Waals surface area contributed by atoms with E-state index < -0.39 is 0 Å². The number of nitrogens with one attached hydrogen (secondary N) is 1. The number of rotatable bonds is 3. The summed E-state index contributed by atoms with van der Waals surface area (Å²) in [5.41, 5.74) is 1.28. The van der Waals surface area contributed by atoms with Crippen molar-refractivity contribution in [2.24, 2.45) is 5.41 Å². The second-order valence-electron chi connectivity index (χ2n) is 5.71. The highest BCUT2D eigenvalue weighted by Gasteiger charge is 2.52. The molecule has 3 rings (SSSR count). The average molecular weight is 244 g/mol. The standard InChI is InChI=1S/C15H20N2O/c1-16-10-13-9-15(7-8-15)11-17(13)14(18)12-5-3-2-4-6-12/h2-6,13,16H,7-11H2,1H3/t13-/m0/s1. The van der Waals surface area contributed by atoms with Gasteiger partial charge in [-0.05, 0) is 43.9 Å². The predicted molar refractivity (Wildman–Crippen MR) is 71.5 cm³/mol. The van der Waals surface area contributed by atoms with E-state index in [0.29, 0.717) is 11.5 Å². The molecule has 96 valence electrons. The van der Waals surface area contributed by atoms with E-state index in [1.807, 2.05) is 37.4 Å². The first kappa shape index (κ1) is 11.7. The molecule has 1 saturated heterocycles. The van der Waals surface area contributed by atoms with E-state index in [1.165, 1.54) is 19.3 Å². The first-order valence-electron chi connectivity index (χ1n) is 6.75. The van der Waals surface area contributed by atoms with Gasteiger partial charge in [0.15, 0.2) is 0 Å². The fourth-order valence-corrected chi connectivity index (χ4v) is 3.11. The van der Waals surface area contributed by atoms with Crippen LogP contribution in [0, 0.1) is 5.41 Å². The second kappa shape index (κ2) is 4.39. The number of nitrogens with zero attached hydrogens (tertiary/aromatic N) is 1. The normalized spacial score (nSPS) is 24.5. The summed E-state index contributed by atoms with van der Waals surface area (Å²) < 4.78 is 0. The lowest BCUT2D eigenvalue weighted by Crippen LogP contribution is -2.40. The van der Waals surface area contributed by atoms with Gasteiger partial charge in [0, 0.05) is 24.7 Å². The summed E-state index contributed by atoms with van der Waals surface area (Å²) in [6.45, 7) is 1.85. The van der Waals surface area contributed by atoms with Gasteiger partial charge >= 0.3 is 0 Å². The zero-order valence-electron chi connectivity index (χ0n) is 10.9. The van der Waals surface area contributed by atoms with Gasteiger partial charge < -0.3 is 10.2 Å². The molecule has 1 atom stereocenters. The Morgan fingerprint density at radius 1 is 1.39 bits per heavy atom. The third kappa shape index (κ3) is 2.03. The summed E-state index contributed by atoms with van der Waals surface area (Å²) in [7, 11) is 1.96. The summed E-state index contributed by atoms with van der Waals surface area (Å²) in [5.74, 6) is 0.194. The van der Waals surface area contributed by atoms with Gasteiger partial charge in [0.05, 0.1) is 0 Å². The molecule has 1 aliphatic carbocycles. The molecule has 2 fully saturated rings. The van der Waals surface area contributed by atoms with Gasteiger partial charge in [-0.25, -0.2) is 0 Å². The quantitative estimate of drug-likeness (QED) is 0.880. The van der Waals surface area contributed by atoms with Gasteiger partial charge in [-0.15, -0.1) is 0 Å². The molecule has 1 N–H and O–H groups in total. The third-order valence-electron chi connectivity index (χ3n) is 4.29. The number of benzene rings is 1. The monoisotopic (exact) mass is 244 g/mol. The fraction of sp³-hybridized carbons (Fsp3) is 0.533. The Bertz CT molecular complexity index is 439. The molecule has 0 radical (unpaired) electrons. The first-order chi connectivity index (χ1) is 8.74. The molecule has 1 aromatic rings. The molecule has 0 aromatic heterocycles. The summed E-state index contributed by atoms with van der Waals surface area (Å²) >= 11 is 0. The van der Waals surface area contributed by atoms with Crippen molar-refractivity contribution in [2.75, 3.05) is 20.1 Å². The van der Waals surface area contributed by atoms with Crippen molar-refractivity contribution in [3.8, 4) is 0 Å². The highest BCUT2D eigenvalue weighted by Crippen LogP contribution is 2.54. The number of likely N-dealkylation sites (tertiary alicyclic amines) is 1. The number of hydrogen-bond donors (Lipinski definition) is 1. The van der Waals surface area contributed by atoms with Crippen molar-refractivity contribution in [1.29, 1.82) is 0 Å². The van der Waals surface area contributed by atoms with Crippen LogP contribution in [0.4, 0.5) is 0 Å². The van der Waals surface area contributed by atoms with E-state index in [2.05, 4.69) is 10.2 Å². The summed E-state index contributed by atoms with van der Waals surface area (Å²) in [6, 6.07) is 10.0. The molecule has 1 heterocycles. The molecule has 1 saturated carbocycles. The van der Waals surface area contributed by atoms with Crippen molar-refractivity contribution in [1.82, 2.24) is 10.2 Å². The Morgan fingerprint density at radius 2 is 2.11 bits per heavy atom. The zero-order chi connectivity index (χ0) is 12.6. The highest BCUT2D eigenvalue weighted by atomic mass is 16.2. The Morgan fingerprint density at radius 3 is 2.72 bits per heavy atom. The summed E-state index contributed by atoms with van der Waals surface area (Å²) in [5, 5.41) is 3.22. The minimum atomic E-state index is 0.194. The van der Waals surface area contributed by atoms with Gasteiger partial charge in [0.1, 0.15) is 0 Å². The van der Waals surface area contributed by atoms with Crippen molar-refractivity contribution < 1.29 is 4.79 Å². The SMILES string of the molecule is CNC[C@@H]1CC2(CC2)CN1C(=O)c1ccccc1. The molecule has 3 heteroatoms. The van der Waals surface area contributed by atoms with Crippen LogP contribution in [0.15, 0.2) is 30.3 Å². The molecule has 1 aromatic carbocycles. The van der Waals surface area contributed by atoms with Crippen LogP contribution in [0.3, 0.4) is 0 Å². The lowest BCUT2D eigenvalue weighted by molar-refractivity contribution is 0.0731. The minimum Gasteiger partial charge on any atom is -0.334 e. The number of likely N-dealkylation sites (N-methyl/N-ethyl adjacent to an activating group) is 1. The molecule has 2 aliphatic rings. The zero-order valence-corrected chi connectivity index (χ0v) is 10.9. The van der Waals surface area contributed by atoms with Gasteiger partial charge in [-0.1, -0.05) is 18.2 Å². The van der Waals surface area contributed by atoms with Crippen LogP contribution in [0.25, 0.3) is 0 Å². The van der Waals surface area contributed by atoms with Crippen LogP contribution >= 0.6 is 0 Å². The molecular weight excluding hydrogens is 224 g/mol. The number of amides is 1. The Hall–Kier alpha value is -1.35. The van der Waals surface area contributed by atoms with Gasteiger partial charge in [0.2, 0.25) is 0 Å². The van der Waals surface area contributed by atoms with Crippen LogP contribution in [0.5, 0.6) is 0 Å². The van der Waals surface area contributed by atoms with Gasteiger partial charge in [0.25, 0.3) is 5.91 Å². The molecule has 1 aliphatic heterocycles.